The summed E-state index contributed by atoms with van der Waals surface area (Å²) in [6, 6.07) is 6.19. The SMILES string of the molecule is [B]/C=C/c1cccc2c(C)c(C)c(C)nc12. The van der Waals surface area contributed by atoms with Crippen LogP contribution in [-0.4, -0.2) is 12.8 Å². The minimum Gasteiger partial charge on any atom is -0.252 e. The van der Waals surface area contributed by atoms with E-state index in [1.807, 2.05) is 25.1 Å². The van der Waals surface area contributed by atoms with E-state index >= 15 is 0 Å². The van der Waals surface area contributed by atoms with Crippen LogP contribution in [0.2, 0.25) is 0 Å². The van der Waals surface area contributed by atoms with Crippen LogP contribution < -0.4 is 0 Å². The van der Waals surface area contributed by atoms with E-state index in [1.165, 1.54) is 16.5 Å². The molecule has 2 aromatic rings. The summed E-state index contributed by atoms with van der Waals surface area (Å²) in [7, 11) is 5.45. The topological polar surface area (TPSA) is 12.9 Å². The van der Waals surface area contributed by atoms with Gasteiger partial charge in [-0.15, -0.1) is 5.98 Å². The monoisotopic (exact) mass is 207 g/mol. The molecule has 1 aromatic heterocycles. The van der Waals surface area contributed by atoms with Crippen LogP contribution in [-0.2, 0) is 0 Å². The van der Waals surface area contributed by atoms with Crippen LogP contribution >= 0.6 is 0 Å². The molecule has 0 bridgehead atoms. The normalized spacial score (nSPS) is 11.4. The summed E-state index contributed by atoms with van der Waals surface area (Å²) in [4.78, 5) is 4.65. The molecule has 0 aliphatic heterocycles. The van der Waals surface area contributed by atoms with Gasteiger partial charge in [0.2, 0.25) is 0 Å². The Labute approximate surface area is 97.6 Å². The Hall–Kier alpha value is -1.57. The smallest absolute Gasteiger partial charge is 0.102 e. The average Bonchev–Trinajstić information content (AvgIpc) is 2.28. The van der Waals surface area contributed by atoms with Crippen molar-refractivity contribution in [2.75, 3.05) is 0 Å². The predicted octanol–water partition coefficient (Wildman–Crippen LogP) is 3.30. The molecule has 0 aliphatic rings. The zero-order valence-corrected chi connectivity index (χ0v) is 9.91. The van der Waals surface area contributed by atoms with E-state index in [4.69, 9.17) is 7.85 Å². The standard InChI is InChI=1S/C14H14BN/c1-9-10(2)13-6-4-5-12(7-8-15)14(13)16-11(9)3/h4-8H,1-3H3/b8-7+. The summed E-state index contributed by atoms with van der Waals surface area (Å²) in [5.74, 6) is 1.56. The lowest BCUT2D eigenvalue weighted by Gasteiger charge is -2.10. The first-order valence-electron chi connectivity index (χ1n) is 5.40. The fraction of sp³-hybridized carbons (Fsp3) is 0.214. The third-order valence-electron chi connectivity index (χ3n) is 3.13. The van der Waals surface area contributed by atoms with Crippen LogP contribution in [0, 0.1) is 20.8 Å². The van der Waals surface area contributed by atoms with Crippen LogP contribution in [0.15, 0.2) is 24.2 Å². The second-order valence-corrected chi connectivity index (χ2v) is 4.05. The van der Waals surface area contributed by atoms with Gasteiger partial charge >= 0.3 is 0 Å². The highest BCUT2D eigenvalue weighted by atomic mass is 14.7. The molecule has 0 amide bonds. The molecule has 1 aromatic carbocycles. The second kappa shape index (κ2) is 4.13. The fourth-order valence-electron chi connectivity index (χ4n) is 1.95. The number of aromatic nitrogens is 1. The number of rotatable bonds is 1. The number of fused-ring (bicyclic) bond motifs is 1. The Bertz CT molecular complexity index is 570. The highest BCUT2D eigenvalue weighted by Gasteiger charge is 2.07. The lowest BCUT2D eigenvalue weighted by Crippen LogP contribution is -1.95. The van der Waals surface area contributed by atoms with Crippen molar-refractivity contribution in [2.24, 2.45) is 0 Å². The summed E-state index contributed by atoms with van der Waals surface area (Å²) >= 11 is 0. The summed E-state index contributed by atoms with van der Waals surface area (Å²) in [5.41, 5.74) is 5.76. The van der Waals surface area contributed by atoms with E-state index in [2.05, 4.69) is 24.9 Å². The van der Waals surface area contributed by atoms with Gasteiger partial charge in [0, 0.05) is 11.1 Å². The predicted molar refractivity (Wildman–Crippen MR) is 70.7 cm³/mol. The van der Waals surface area contributed by atoms with Crippen LogP contribution in [0.1, 0.15) is 22.4 Å². The molecule has 0 aliphatic carbocycles. The van der Waals surface area contributed by atoms with E-state index < -0.39 is 0 Å². The third kappa shape index (κ3) is 1.65. The molecular formula is C14H14BN. The van der Waals surface area contributed by atoms with E-state index in [-0.39, 0.29) is 0 Å². The zero-order chi connectivity index (χ0) is 11.7. The summed E-state index contributed by atoms with van der Waals surface area (Å²) < 4.78 is 0. The second-order valence-electron chi connectivity index (χ2n) is 4.05. The molecule has 78 valence electrons. The van der Waals surface area contributed by atoms with E-state index in [9.17, 15) is 0 Å². The van der Waals surface area contributed by atoms with Gasteiger partial charge in [0.1, 0.15) is 7.85 Å². The summed E-state index contributed by atoms with van der Waals surface area (Å²) in [6.45, 7) is 6.30. The van der Waals surface area contributed by atoms with Crippen LogP contribution in [0.5, 0.6) is 0 Å². The molecule has 1 heterocycles. The lowest BCUT2D eigenvalue weighted by atomic mass is 9.99. The maximum Gasteiger partial charge on any atom is 0.102 e. The average molecular weight is 207 g/mol. The minimum atomic E-state index is 1.03. The molecular weight excluding hydrogens is 193 g/mol. The first-order chi connectivity index (χ1) is 7.65. The molecule has 1 nitrogen and oxygen atoms in total. The number of hydrogen-bond acceptors (Lipinski definition) is 1. The molecule has 0 atom stereocenters. The molecule has 0 unspecified atom stereocenters. The molecule has 0 N–H and O–H groups in total. The van der Waals surface area contributed by atoms with E-state index in [0.717, 1.165) is 16.8 Å². The maximum atomic E-state index is 5.45. The van der Waals surface area contributed by atoms with Crippen LogP contribution in [0.25, 0.3) is 17.0 Å². The molecule has 0 saturated carbocycles. The molecule has 0 fully saturated rings. The molecule has 2 rings (SSSR count). The van der Waals surface area contributed by atoms with Crippen molar-refractivity contribution in [1.82, 2.24) is 4.98 Å². The molecule has 0 spiro atoms. The number of benzene rings is 1. The number of nitrogens with zero attached hydrogens (tertiary/aromatic N) is 1. The number of pyridine rings is 1. The Morgan fingerprint density at radius 3 is 2.56 bits per heavy atom. The Morgan fingerprint density at radius 2 is 1.88 bits per heavy atom. The van der Waals surface area contributed by atoms with Gasteiger partial charge in [-0.1, -0.05) is 24.3 Å². The Kier molecular flexibility index (Phi) is 2.82. The van der Waals surface area contributed by atoms with Crippen molar-refractivity contribution in [3.05, 3.63) is 46.6 Å². The molecule has 0 saturated heterocycles. The largest absolute Gasteiger partial charge is 0.252 e. The van der Waals surface area contributed by atoms with Gasteiger partial charge in [-0.25, -0.2) is 0 Å². The van der Waals surface area contributed by atoms with Gasteiger partial charge in [-0.2, -0.15) is 0 Å². The van der Waals surface area contributed by atoms with Crippen molar-refractivity contribution < 1.29 is 0 Å². The molecule has 2 radical (unpaired) electrons. The van der Waals surface area contributed by atoms with Crippen molar-refractivity contribution in [3.63, 3.8) is 0 Å². The quantitative estimate of drug-likeness (QED) is 0.653. The zero-order valence-electron chi connectivity index (χ0n) is 9.91. The van der Waals surface area contributed by atoms with Gasteiger partial charge in [-0.05, 0) is 37.5 Å². The van der Waals surface area contributed by atoms with Gasteiger partial charge in [-0.3, -0.25) is 4.98 Å². The summed E-state index contributed by atoms with van der Waals surface area (Å²) in [6.07, 6.45) is 1.89. The summed E-state index contributed by atoms with van der Waals surface area (Å²) in [5, 5.41) is 1.21. The highest BCUT2D eigenvalue weighted by Crippen LogP contribution is 2.25. The number of aryl methyl sites for hydroxylation is 2. The first-order valence-corrected chi connectivity index (χ1v) is 5.40. The van der Waals surface area contributed by atoms with Crippen LogP contribution in [0.3, 0.4) is 0 Å². The van der Waals surface area contributed by atoms with Crippen molar-refractivity contribution in [3.8, 4) is 0 Å². The van der Waals surface area contributed by atoms with Crippen molar-refractivity contribution in [1.29, 1.82) is 0 Å². The third-order valence-corrected chi connectivity index (χ3v) is 3.13. The molecule has 2 heteroatoms. The molecule has 16 heavy (non-hydrogen) atoms. The van der Waals surface area contributed by atoms with Gasteiger partial charge in [0.25, 0.3) is 0 Å². The lowest BCUT2D eigenvalue weighted by molar-refractivity contribution is 1.17. The van der Waals surface area contributed by atoms with E-state index in [0.29, 0.717) is 0 Å². The number of para-hydroxylation sites is 1. The first kappa shape index (κ1) is 10.9. The minimum absolute atomic E-state index is 1.03. The highest BCUT2D eigenvalue weighted by molar-refractivity contribution is 6.19. The Balaban J connectivity index is 2.89. The maximum absolute atomic E-state index is 5.45. The fourth-order valence-corrected chi connectivity index (χ4v) is 1.95. The van der Waals surface area contributed by atoms with Gasteiger partial charge in [0.05, 0.1) is 5.52 Å². The van der Waals surface area contributed by atoms with Gasteiger partial charge in [0.15, 0.2) is 0 Å². The van der Waals surface area contributed by atoms with Crippen LogP contribution in [0.4, 0.5) is 0 Å². The van der Waals surface area contributed by atoms with Crippen molar-refractivity contribution >= 4 is 24.8 Å². The van der Waals surface area contributed by atoms with Crippen molar-refractivity contribution in [2.45, 2.75) is 20.8 Å². The van der Waals surface area contributed by atoms with E-state index in [1.54, 1.807) is 5.98 Å². The van der Waals surface area contributed by atoms with Gasteiger partial charge < -0.3 is 0 Å². The number of hydrogen-bond donors (Lipinski definition) is 0. The Morgan fingerprint density at radius 1 is 1.12 bits per heavy atom.